The molecule has 0 aliphatic carbocycles. The molecular formula is C14H14N2O4S. The van der Waals surface area contributed by atoms with Crippen LogP contribution in [0.5, 0.6) is 0 Å². The van der Waals surface area contributed by atoms with Crippen molar-refractivity contribution in [3.63, 3.8) is 0 Å². The van der Waals surface area contributed by atoms with E-state index >= 15 is 0 Å². The second kappa shape index (κ2) is 5.94. The SMILES string of the molecule is CN(c1ccc(C(=O)NO)cc1)S(=O)(=O)c1ccccc1. The molecule has 0 saturated carbocycles. The zero-order chi connectivity index (χ0) is 15.5. The maximum absolute atomic E-state index is 12.4. The molecule has 6 nitrogen and oxygen atoms in total. The van der Waals surface area contributed by atoms with Crippen molar-refractivity contribution in [1.29, 1.82) is 0 Å². The minimum Gasteiger partial charge on any atom is -0.288 e. The number of benzene rings is 2. The van der Waals surface area contributed by atoms with Gasteiger partial charge in [-0.3, -0.25) is 14.3 Å². The molecule has 1 amide bonds. The quantitative estimate of drug-likeness (QED) is 0.664. The molecule has 110 valence electrons. The van der Waals surface area contributed by atoms with Crippen LogP contribution in [0.1, 0.15) is 10.4 Å². The van der Waals surface area contributed by atoms with Crippen LogP contribution >= 0.6 is 0 Å². The molecule has 21 heavy (non-hydrogen) atoms. The first-order valence-electron chi connectivity index (χ1n) is 6.05. The first kappa shape index (κ1) is 15.0. The second-order valence-electron chi connectivity index (χ2n) is 4.27. The van der Waals surface area contributed by atoms with Crippen molar-refractivity contribution in [2.24, 2.45) is 0 Å². The van der Waals surface area contributed by atoms with Crippen LogP contribution in [0, 0.1) is 0 Å². The summed E-state index contributed by atoms with van der Waals surface area (Å²) in [6.07, 6.45) is 0. The molecule has 2 aromatic rings. The molecule has 0 fully saturated rings. The summed E-state index contributed by atoms with van der Waals surface area (Å²) in [5.41, 5.74) is 2.15. The van der Waals surface area contributed by atoms with E-state index in [9.17, 15) is 13.2 Å². The highest BCUT2D eigenvalue weighted by atomic mass is 32.2. The summed E-state index contributed by atoms with van der Waals surface area (Å²) in [6.45, 7) is 0. The summed E-state index contributed by atoms with van der Waals surface area (Å²) in [5.74, 6) is -0.657. The van der Waals surface area contributed by atoms with Gasteiger partial charge in [0.2, 0.25) is 0 Å². The molecular weight excluding hydrogens is 292 g/mol. The number of anilines is 1. The van der Waals surface area contributed by atoms with Crippen molar-refractivity contribution in [1.82, 2.24) is 5.48 Å². The average molecular weight is 306 g/mol. The lowest BCUT2D eigenvalue weighted by atomic mass is 10.2. The summed E-state index contributed by atoms with van der Waals surface area (Å²) < 4.78 is 26.0. The van der Waals surface area contributed by atoms with Crippen LogP contribution in [0.2, 0.25) is 0 Å². The summed E-state index contributed by atoms with van der Waals surface area (Å²) in [6, 6.07) is 13.9. The Kier molecular flexibility index (Phi) is 4.25. The third-order valence-electron chi connectivity index (χ3n) is 3.00. The zero-order valence-corrected chi connectivity index (χ0v) is 12.0. The van der Waals surface area contributed by atoms with E-state index in [2.05, 4.69) is 0 Å². The monoisotopic (exact) mass is 306 g/mol. The second-order valence-corrected chi connectivity index (χ2v) is 6.24. The van der Waals surface area contributed by atoms with Gasteiger partial charge in [-0.15, -0.1) is 0 Å². The number of hydrogen-bond donors (Lipinski definition) is 2. The van der Waals surface area contributed by atoms with Gasteiger partial charge in [0.1, 0.15) is 0 Å². The molecule has 2 N–H and O–H groups in total. The Morgan fingerprint density at radius 1 is 1.05 bits per heavy atom. The van der Waals surface area contributed by atoms with Gasteiger partial charge in [0.25, 0.3) is 15.9 Å². The lowest BCUT2D eigenvalue weighted by Crippen LogP contribution is -2.26. The predicted octanol–water partition coefficient (Wildman–Crippen LogP) is 1.63. The predicted molar refractivity (Wildman–Crippen MR) is 77.7 cm³/mol. The van der Waals surface area contributed by atoms with Gasteiger partial charge in [-0.05, 0) is 36.4 Å². The van der Waals surface area contributed by atoms with Gasteiger partial charge in [0, 0.05) is 12.6 Å². The summed E-state index contributed by atoms with van der Waals surface area (Å²) in [7, 11) is -2.21. The third-order valence-corrected chi connectivity index (χ3v) is 4.80. The highest BCUT2D eigenvalue weighted by Gasteiger charge is 2.20. The fraction of sp³-hybridized carbons (Fsp3) is 0.0714. The van der Waals surface area contributed by atoms with E-state index < -0.39 is 15.9 Å². The molecule has 0 bridgehead atoms. The highest BCUT2D eigenvalue weighted by molar-refractivity contribution is 7.92. The van der Waals surface area contributed by atoms with Crippen molar-refractivity contribution in [2.45, 2.75) is 4.90 Å². The molecule has 0 saturated heterocycles. The number of amides is 1. The van der Waals surface area contributed by atoms with Gasteiger partial charge in [-0.1, -0.05) is 18.2 Å². The van der Waals surface area contributed by atoms with E-state index in [1.165, 1.54) is 48.9 Å². The Morgan fingerprint density at radius 3 is 2.14 bits per heavy atom. The van der Waals surface area contributed by atoms with E-state index in [1.807, 2.05) is 0 Å². The molecule has 0 aromatic heterocycles. The topological polar surface area (TPSA) is 86.7 Å². The van der Waals surface area contributed by atoms with E-state index in [1.54, 1.807) is 18.2 Å². The summed E-state index contributed by atoms with van der Waals surface area (Å²) in [5, 5.41) is 8.54. The number of hydrogen-bond acceptors (Lipinski definition) is 4. The van der Waals surface area contributed by atoms with Crippen LogP contribution in [0.15, 0.2) is 59.5 Å². The van der Waals surface area contributed by atoms with Gasteiger partial charge >= 0.3 is 0 Å². The third kappa shape index (κ3) is 3.04. The van der Waals surface area contributed by atoms with Crippen LogP contribution in [0.4, 0.5) is 5.69 Å². The molecule has 2 aromatic carbocycles. The smallest absolute Gasteiger partial charge is 0.274 e. The largest absolute Gasteiger partial charge is 0.288 e. The molecule has 0 unspecified atom stereocenters. The van der Waals surface area contributed by atoms with Gasteiger partial charge in [0.05, 0.1) is 10.6 Å². The molecule has 0 aliphatic rings. The number of hydroxylamine groups is 1. The number of sulfonamides is 1. The van der Waals surface area contributed by atoms with Crippen LogP contribution < -0.4 is 9.79 Å². The lowest BCUT2D eigenvalue weighted by Gasteiger charge is -2.19. The van der Waals surface area contributed by atoms with Gasteiger partial charge < -0.3 is 0 Å². The Morgan fingerprint density at radius 2 is 1.62 bits per heavy atom. The normalized spacial score (nSPS) is 11.0. The molecule has 0 aliphatic heterocycles. The standard InChI is InChI=1S/C14H14N2O4S/c1-16(21(19,20)13-5-3-2-4-6-13)12-9-7-11(8-10-12)14(17)15-18/h2-10,18H,1H3,(H,15,17). The average Bonchev–Trinajstić information content (AvgIpc) is 2.54. The van der Waals surface area contributed by atoms with Crippen LogP contribution in [-0.2, 0) is 10.0 Å². The van der Waals surface area contributed by atoms with Crippen molar-refractivity contribution in [2.75, 3.05) is 11.4 Å². The van der Waals surface area contributed by atoms with Gasteiger partial charge in [0.15, 0.2) is 0 Å². The molecule has 0 atom stereocenters. The Bertz CT molecular complexity index is 727. The summed E-state index contributed by atoms with van der Waals surface area (Å²) in [4.78, 5) is 11.4. The number of rotatable bonds is 4. The van der Waals surface area contributed by atoms with Crippen molar-refractivity contribution in [3.8, 4) is 0 Å². The first-order chi connectivity index (χ1) is 9.96. The minimum absolute atomic E-state index is 0.185. The highest BCUT2D eigenvalue weighted by Crippen LogP contribution is 2.22. The van der Waals surface area contributed by atoms with Crippen molar-refractivity contribution in [3.05, 3.63) is 60.2 Å². The summed E-state index contributed by atoms with van der Waals surface area (Å²) >= 11 is 0. The zero-order valence-electron chi connectivity index (χ0n) is 11.2. The number of nitrogens with one attached hydrogen (secondary N) is 1. The van der Waals surface area contributed by atoms with Crippen LogP contribution in [-0.4, -0.2) is 26.6 Å². The van der Waals surface area contributed by atoms with Gasteiger partial charge in [-0.2, -0.15) is 0 Å². The van der Waals surface area contributed by atoms with Gasteiger partial charge in [-0.25, -0.2) is 13.9 Å². The minimum atomic E-state index is -3.65. The molecule has 2 rings (SSSR count). The maximum atomic E-state index is 12.4. The van der Waals surface area contributed by atoms with Crippen molar-refractivity contribution < 1.29 is 18.4 Å². The Labute approximate surface area is 122 Å². The maximum Gasteiger partial charge on any atom is 0.274 e. The van der Waals surface area contributed by atoms with E-state index in [4.69, 9.17) is 5.21 Å². The fourth-order valence-electron chi connectivity index (χ4n) is 1.78. The van der Waals surface area contributed by atoms with Crippen molar-refractivity contribution >= 4 is 21.6 Å². The molecule has 0 heterocycles. The Balaban J connectivity index is 2.32. The molecule has 0 radical (unpaired) electrons. The van der Waals surface area contributed by atoms with E-state index in [0.29, 0.717) is 5.69 Å². The number of carbonyl (C=O) groups excluding carboxylic acids is 1. The first-order valence-corrected chi connectivity index (χ1v) is 7.49. The van der Waals surface area contributed by atoms with Crippen LogP contribution in [0.3, 0.4) is 0 Å². The number of nitrogens with zero attached hydrogens (tertiary/aromatic N) is 1. The fourth-order valence-corrected chi connectivity index (χ4v) is 2.99. The van der Waals surface area contributed by atoms with E-state index in [0.717, 1.165) is 4.31 Å². The van der Waals surface area contributed by atoms with Crippen LogP contribution in [0.25, 0.3) is 0 Å². The lowest BCUT2D eigenvalue weighted by molar-refractivity contribution is 0.0706. The Hall–Kier alpha value is -2.38. The number of carbonyl (C=O) groups is 1. The molecule has 0 spiro atoms. The van der Waals surface area contributed by atoms with E-state index in [-0.39, 0.29) is 10.5 Å². The molecule has 7 heteroatoms.